The summed E-state index contributed by atoms with van der Waals surface area (Å²) in [5, 5.41) is 10.7. The van der Waals surface area contributed by atoms with Crippen molar-refractivity contribution >= 4 is 24.0 Å². The molecule has 2 unspecified atom stereocenters. The van der Waals surface area contributed by atoms with Crippen LogP contribution in [-0.4, -0.2) is 48.3 Å². The zero-order chi connectivity index (χ0) is 23.3. The second-order valence-corrected chi connectivity index (χ2v) is 8.22. The van der Waals surface area contributed by atoms with Crippen molar-refractivity contribution < 1.29 is 28.7 Å². The highest BCUT2D eigenvalue weighted by Crippen LogP contribution is 2.23. The second-order valence-electron chi connectivity index (χ2n) is 8.22. The van der Waals surface area contributed by atoms with E-state index in [4.69, 9.17) is 9.47 Å². The third kappa shape index (κ3) is 6.47. The normalized spacial score (nSPS) is 21.4. The Balaban J connectivity index is 2.11. The SMILES string of the molecule is CC1=C(C(=O)OC(C)C)C(CCCC2NC(=O)NC(C)=C2C(=O)OC(C)C)NC(=O)N1. The zero-order valence-corrected chi connectivity index (χ0v) is 18.9. The van der Waals surface area contributed by atoms with E-state index in [2.05, 4.69) is 21.3 Å². The molecule has 4 N–H and O–H groups in total. The molecule has 172 valence electrons. The van der Waals surface area contributed by atoms with Gasteiger partial charge in [0.1, 0.15) is 0 Å². The molecule has 0 fully saturated rings. The fourth-order valence-corrected chi connectivity index (χ4v) is 3.64. The predicted octanol–water partition coefficient (Wildman–Crippen LogP) is 1.97. The van der Waals surface area contributed by atoms with Gasteiger partial charge in [0, 0.05) is 11.4 Å². The molecule has 0 aromatic rings. The van der Waals surface area contributed by atoms with Crippen molar-refractivity contribution in [2.24, 2.45) is 0 Å². The van der Waals surface area contributed by atoms with Crippen LogP contribution in [0.5, 0.6) is 0 Å². The maximum Gasteiger partial charge on any atom is 0.338 e. The molecule has 0 spiro atoms. The van der Waals surface area contributed by atoms with E-state index in [1.807, 2.05) is 0 Å². The summed E-state index contributed by atoms with van der Waals surface area (Å²) in [6.45, 7) is 10.3. The minimum Gasteiger partial charge on any atom is -0.460 e. The summed E-state index contributed by atoms with van der Waals surface area (Å²) >= 11 is 0. The van der Waals surface area contributed by atoms with Gasteiger partial charge in [-0.3, -0.25) is 0 Å². The van der Waals surface area contributed by atoms with Crippen molar-refractivity contribution in [2.45, 2.75) is 85.1 Å². The number of rotatable bonds is 8. The maximum absolute atomic E-state index is 12.5. The number of esters is 2. The highest BCUT2D eigenvalue weighted by atomic mass is 16.5. The van der Waals surface area contributed by atoms with E-state index in [-0.39, 0.29) is 12.2 Å². The number of allylic oxidation sites excluding steroid dienone is 2. The smallest absolute Gasteiger partial charge is 0.338 e. The van der Waals surface area contributed by atoms with Gasteiger partial charge in [0.2, 0.25) is 0 Å². The van der Waals surface area contributed by atoms with Gasteiger partial charge < -0.3 is 30.7 Å². The van der Waals surface area contributed by atoms with E-state index in [1.54, 1.807) is 41.5 Å². The molecule has 0 radical (unpaired) electrons. The van der Waals surface area contributed by atoms with Crippen LogP contribution < -0.4 is 21.3 Å². The molecule has 10 heteroatoms. The van der Waals surface area contributed by atoms with Crippen LogP contribution in [0.15, 0.2) is 22.5 Å². The Morgan fingerprint density at radius 2 is 1.13 bits per heavy atom. The Morgan fingerprint density at radius 1 is 0.774 bits per heavy atom. The largest absolute Gasteiger partial charge is 0.460 e. The van der Waals surface area contributed by atoms with Crippen LogP contribution in [0.3, 0.4) is 0 Å². The lowest BCUT2D eigenvalue weighted by Crippen LogP contribution is -2.51. The second kappa shape index (κ2) is 10.3. The Bertz CT molecular complexity index is 749. The van der Waals surface area contributed by atoms with E-state index < -0.39 is 36.1 Å². The van der Waals surface area contributed by atoms with Crippen molar-refractivity contribution in [2.75, 3.05) is 0 Å². The van der Waals surface area contributed by atoms with E-state index in [1.165, 1.54) is 0 Å². The average Bonchev–Trinajstić information content (AvgIpc) is 2.59. The third-order valence-electron chi connectivity index (χ3n) is 4.83. The van der Waals surface area contributed by atoms with Crippen molar-refractivity contribution in [3.63, 3.8) is 0 Å². The first kappa shape index (κ1) is 24.2. The molecular formula is C21H32N4O6. The molecule has 0 aromatic heterocycles. The quantitative estimate of drug-likeness (QED) is 0.430. The third-order valence-corrected chi connectivity index (χ3v) is 4.83. The molecule has 10 nitrogen and oxygen atoms in total. The van der Waals surface area contributed by atoms with Crippen molar-refractivity contribution in [3.8, 4) is 0 Å². The summed E-state index contributed by atoms with van der Waals surface area (Å²) in [5.41, 5.74) is 1.64. The molecular weight excluding hydrogens is 404 g/mol. The Hall–Kier alpha value is -3.04. The van der Waals surface area contributed by atoms with Crippen molar-refractivity contribution in [3.05, 3.63) is 22.5 Å². The minimum absolute atomic E-state index is 0.293. The monoisotopic (exact) mass is 436 g/mol. The summed E-state index contributed by atoms with van der Waals surface area (Å²) in [7, 11) is 0. The fourth-order valence-electron chi connectivity index (χ4n) is 3.64. The fraction of sp³-hybridized carbons (Fsp3) is 0.619. The first-order valence-electron chi connectivity index (χ1n) is 10.5. The lowest BCUT2D eigenvalue weighted by molar-refractivity contribution is -0.144. The number of ether oxygens (including phenoxy) is 2. The molecule has 4 amide bonds. The van der Waals surface area contributed by atoms with Crippen LogP contribution in [0.2, 0.25) is 0 Å². The number of urea groups is 2. The van der Waals surface area contributed by atoms with E-state index in [0.29, 0.717) is 41.8 Å². The molecule has 0 saturated heterocycles. The van der Waals surface area contributed by atoms with Gasteiger partial charge in [0.25, 0.3) is 0 Å². The molecule has 0 aromatic carbocycles. The summed E-state index contributed by atoms with van der Waals surface area (Å²) < 4.78 is 10.6. The van der Waals surface area contributed by atoms with Crippen LogP contribution in [0.1, 0.15) is 60.8 Å². The highest BCUT2D eigenvalue weighted by molar-refractivity contribution is 5.95. The molecule has 2 atom stereocenters. The number of carbonyl (C=O) groups is 4. The van der Waals surface area contributed by atoms with Crippen LogP contribution >= 0.6 is 0 Å². The van der Waals surface area contributed by atoms with Crippen LogP contribution in [0, 0.1) is 0 Å². The maximum atomic E-state index is 12.5. The van der Waals surface area contributed by atoms with E-state index in [0.717, 1.165) is 0 Å². The van der Waals surface area contributed by atoms with Crippen LogP contribution in [0.25, 0.3) is 0 Å². The Labute approximate surface area is 182 Å². The molecule has 31 heavy (non-hydrogen) atoms. The van der Waals surface area contributed by atoms with E-state index >= 15 is 0 Å². The predicted molar refractivity (Wildman–Crippen MR) is 113 cm³/mol. The van der Waals surface area contributed by atoms with Gasteiger partial charge in [-0.2, -0.15) is 0 Å². The van der Waals surface area contributed by atoms with E-state index in [9.17, 15) is 19.2 Å². The standard InChI is InChI=1S/C21H32N4O6/c1-10(2)30-18(26)16-12(5)22-20(28)24-14(16)8-7-9-15-17(19(27)31-11(3)4)13(6)23-21(29)25-15/h10-11,14-15H,7-9H2,1-6H3,(H2,22,24,28)(H2,23,25,29). The molecule has 0 aliphatic carbocycles. The average molecular weight is 437 g/mol. The Kier molecular flexibility index (Phi) is 8.07. The summed E-state index contributed by atoms with van der Waals surface area (Å²) in [6, 6.07) is -1.85. The number of hydrogen-bond acceptors (Lipinski definition) is 6. The molecule has 2 aliphatic rings. The summed E-state index contributed by atoms with van der Waals surface area (Å²) in [6.07, 6.45) is 0.794. The van der Waals surface area contributed by atoms with Gasteiger partial charge in [-0.1, -0.05) is 0 Å². The van der Waals surface area contributed by atoms with Crippen LogP contribution in [0.4, 0.5) is 9.59 Å². The molecule has 0 bridgehead atoms. The summed E-state index contributed by atoms with van der Waals surface area (Å²) in [5.74, 6) is -0.978. The van der Waals surface area contributed by atoms with Gasteiger partial charge in [-0.05, 0) is 60.8 Å². The highest BCUT2D eigenvalue weighted by Gasteiger charge is 2.34. The minimum atomic E-state index is -0.534. The molecule has 2 rings (SSSR count). The first-order valence-corrected chi connectivity index (χ1v) is 10.5. The number of hydrogen-bond donors (Lipinski definition) is 4. The lowest BCUT2D eigenvalue weighted by atomic mass is 9.93. The Morgan fingerprint density at radius 3 is 1.45 bits per heavy atom. The van der Waals surface area contributed by atoms with Crippen LogP contribution in [-0.2, 0) is 19.1 Å². The van der Waals surface area contributed by atoms with Crippen molar-refractivity contribution in [1.29, 1.82) is 0 Å². The topological polar surface area (TPSA) is 135 Å². The van der Waals surface area contributed by atoms with Gasteiger partial charge in [0.15, 0.2) is 0 Å². The summed E-state index contributed by atoms with van der Waals surface area (Å²) in [4.78, 5) is 48.9. The van der Waals surface area contributed by atoms with Gasteiger partial charge >= 0.3 is 24.0 Å². The number of carbonyl (C=O) groups excluding carboxylic acids is 4. The lowest BCUT2D eigenvalue weighted by Gasteiger charge is -2.30. The number of nitrogens with one attached hydrogen (secondary N) is 4. The van der Waals surface area contributed by atoms with Crippen molar-refractivity contribution in [1.82, 2.24) is 21.3 Å². The van der Waals surface area contributed by atoms with Gasteiger partial charge in [-0.15, -0.1) is 0 Å². The number of amides is 4. The molecule has 2 aliphatic heterocycles. The first-order chi connectivity index (χ1) is 14.5. The molecule has 0 saturated carbocycles. The zero-order valence-electron chi connectivity index (χ0n) is 18.9. The van der Waals surface area contributed by atoms with Gasteiger partial charge in [-0.25, -0.2) is 19.2 Å². The van der Waals surface area contributed by atoms with Gasteiger partial charge in [0.05, 0.1) is 35.4 Å². The molecule has 2 heterocycles.